The number of benzene rings is 1. The van der Waals surface area contributed by atoms with Gasteiger partial charge in [-0.3, -0.25) is 9.78 Å². The van der Waals surface area contributed by atoms with Crippen LogP contribution in [0.2, 0.25) is 0 Å². The molecule has 0 aliphatic carbocycles. The third kappa shape index (κ3) is 5.74. The standard InChI is InChI=1S/C19H24N2O2/c1-3-23-18-12-10-16(11-13-18)15(2)21-19(22)9-6-8-17-7-4-5-14-20-17/h4-5,7,10-15H,3,6,8-9H2,1-2H3,(H,21,22)/t15-/m1/s1. The van der Waals surface area contributed by atoms with Crippen molar-refractivity contribution in [2.75, 3.05) is 6.61 Å². The van der Waals surface area contributed by atoms with Gasteiger partial charge in [-0.05, 0) is 56.5 Å². The van der Waals surface area contributed by atoms with E-state index in [4.69, 9.17) is 4.74 Å². The number of carbonyl (C=O) groups excluding carboxylic acids is 1. The van der Waals surface area contributed by atoms with Gasteiger partial charge in [0.05, 0.1) is 12.6 Å². The van der Waals surface area contributed by atoms with Gasteiger partial charge in [-0.25, -0.2) is 0 Å². The first-order valence-corrected chi connectivity index (χ1v) is 8.11. The highest BCUT2D eigenvalue weighted by Crippen LogP contribution is 2.17. The van der Waals surface area contributed by atoms with Crippen molar-refractivity contribution in [2.24, 2.45) is 0 Å². The van der Waals surface area contributed by atoms with E-state index < -0.39 is 0 Å². The number of rotatable bonds is 8. The number of amides is 1. The Kier molecular flexibility index (Phi) is 6.60. The molecule has 1 aromatic carbocycles. The van der Waals surface area contributed by atoms with Gasteiger partial charge in [-0.15, -0.1) is 0 Å². The van der Waals surface area contributed by atoms with E-state index in [1.807, 2.05) is 56.3 Å². The molecule has 2 aromatic rings. The van der Waals surface area contributed by atoms with E-state index in [1.165, 1.54) is 0 Å². The van der Waals surface area contributed by atoms with Crippen molar-refractivity contribution >= 4 is 5.91 Å². The van der Waals surface area contributed by atoms with Crippen molar-refractivity contribution in [1.82, 2.24) is 10.3 Å². The first kappa shape index (κ1) is 17.0. The zero-order chi connectivity index (χ0) is 16.5. The molecule has 1 heterocycles. The maximum Gasteiger partial charge on any atom is 0.220 e. The fourth-order valence-electron chi connectivity index (χ4n) is 2.39. The third-order valence-corrected chi connectivity index (χ3v) is 3.63. The Labute approximate surface area is 137 Å². The third-order valence-electron chi connectivity index (χ3n) is 3.63. The largest absolute Gasteiger partial charge is 0.494 e. The van der Waals surface area contributed by atoms with Crippen molar-refractivity contribution < 1.29 is 9.53 Å². The highest BCUT2D eigenvalue weighted by atomic mass is 16.5. The SMILES string of the molecule is CCOc1ccc([C@@H](C)NC(=O)CCCc2ccccn2)cc1. The summed E-state index contributed by atoms with van der Waals surface area (Å²) in [7, 11) is 0. The van der Waals surface area contributed by atoms with Crippen molar-refractivity contribution in [3.8, 4) is 5.75 Å². The summed E-state index contributed by atoms with van der Waals surface area (Å²) >= 11 is 0. The van der Waals surface area contributed by atoms with Gasteiger partial charge in [-0.2, -0.15) is 0 Å². The van der Waals surface area contributed by atoms with Crippen LogP contribution in [-0.2, 0) is 11.2 Å². The van der Waals surface area contributed by atoms with Crippen LogP contribution in [0.15, 0.2) is 48.7 Å². The number of ether oxygens (including phenoxy) is 1. The molecule has 0 bridgehead atoms. The molecule has 0 saturated heterocycles. The van der Waals surface area contributed by atoms with E-state index in [9.17, 15) is 4.79 Å². The number of hydrogen-bond acceptors (Lipinski definition) is 3. The predicted octanol–water partition coefficient (Wildman–Crippen LogP) is 3.68. The van der Waals surface area contributed by atoms with Gasteiger partial charge in [0.15, 0.2) is 0 Å². The Morgan fingerprint density at radius 2 is 2.00 bits per heavy atom. The molecule has 0 unspecified atom stereocenters. The molecule has 2 rings (SSSR count). The Morgan fingerprint density at radius 3 is 2.65 bits per heavy atom. The fourth-order valence-corrected chi connectivity index (χ4v) is 2.39. The number of nitrogens with zero attached hydrogens (tertiary/aromatic N) is 1. The van der Waals surface area contributed by atoms with Gasteiger partial charge in [0, 0.05) is 18.3 Å². The number of pyridine rings is 1. The lowest BCUT2D eigenvalue weighted by molar-refractivity contribution is -0.121. The molecule has 0 aliphatic rings. The molecule has 1 amide bonds. The van der Waals surface area contributed by atoms with Crippen LogP contribution in [0, 0.1) is 0 Å². The van der Waals surface area contributed by atoms with Crippen LogP contribution in [0.4, 0.5) is 0 Å². The van der Waals surface area contributed by atoms with Crippen LogP contribution < -0.4 is 10.1 Å². The molecule has 122 valence electrons. The molecule has 0 saturated carbocycles. The molecule has 0 radical (unpaired) electrons. The summed E-state index contributed by atoms with van der Waals surface area (Å²) in [6.45, 7) is 4.61. The maximum absolute atomic E-state index is 12.0. The van der Waals surface area contributed by atoms with Gasteiger partial charge in [0.25, 0.3) is 0 Å². The van der Waals surface area contributed by atoms with Crippen LogP contribution >= 0.6 is 0 Å². The molecule has 23 heavy (non-hydrogen) atoms. The van der Waals surface area contributed by atoms with Crippen molar-refractivity contribution in [1.29, 1.82) is 0 Å². The molecule has 0 aliphatic heterocycles. The summed E-state index contributed by atoms with van der Waals surface area (Å²) in [5, 5.41) is 3.03. The molecule has 1 atom stereocenters. The quantitative estimate of drug-likeness (QED) is 0.809. The van der Waals surface area contributed by atoms with E-state index in [0.717, 1.165) is 29.8 Å². The molecule has 4 nitrogen and oxygen atoms in total. The minimum absolute atomic E-state index is 0.00646. The second-order valence-corrected chi connectivity index (χ2v) is 5.47. The van der Waals surface area contributed by atoms with Crippen LogP contribution in [0.3, 0.4) is 0 Å². The van der Waals surface area contributed by atoms with Gasteiger partial charge in [0.1, 0.15) is 5.75 Å². The summed E-state index contributed by atoms with van der Waals surface area (Å²) in [5.74, 6) is 0.924. The number of nitrogens with one attached hydrogen (secondary N) is 1. The van der Waals surface area contributed by atoms with Gasteiger partial charge in [0.2, 0.25) is 5.91 Å². The molecule has 0 fully saturated rings. The summed E-state index contributed by atoms with van der Waals surface area (Å²) < 4.78 is 5.42. The van der Waals surface area contributed by atoms with Crippen LogP contribution in [-0.4, -0.2) is 17.5 Å². The Hall–Kier alpha value is -2.36. The monoisotopic (exact) mass is 312 g/mol. The van der Waals surface area contributed by atoms with Gasteiger partial charge >= 0.3 is 0 Å². The second-order valence-electron chi connectivity index (χ2n) is 5.47. The summed E-state index contributed by atoms with van der Waals surface area (Å²) in [4.78, 5) is 16.3. The zero-order valence-corrected chi connectivity index (χ0v) is 13.8. The Bertz CT molecular complexity index is 597. The second kappa shape index (κ2) is 8.93. The normalized spacial score (nSPS) is 11.7. The first-order valence-electron chi connectivity index (χ1n) is 8.11. The Morgan fingerprint density at radius 1 is 1.22 bits per heavy atom. The van der Waals surface area contributed by atoms with Crippen molar-refractivity contribution in [2.45, 2.75) is 39.2 Å². The minimum Gasteiger partial charge on any atom is -0.494 e. The smallest absolute Gasteiger partial charge is 0.220 e. The Balaban J connectivity index is 1.75. The molecular weight excluding hydrogens is 288 g/mol. The van der Waals surface area contributed by atoms with E-state index in [0.29, 0.717) is 13.0 Å². The van der Waals surface area contributed by atoms with Crippen molar-refractivity contribution in [3.05, 3.63) is 59.9 Å². The van der Waals surface area contributed by atoms with Gasteiger partial charge in [-0.1, -0.05) is 18.2 Å². The first-order chi connectivity index (χ1) is 11.2. The van der Waals surface area contributed by atoms with Crippen molar-refractivity contribution in [3.63, 3.8) is 0 Å². The summed E-state index contributed by atoms with van der Waals surface area (Å²) in [5.41, 5.74) is 2.10. The summed E-state index contributed by atoms with van der Waals surface area (Å²) in [6.07, 6.45) is 3.92. The van der Waals surface area contributed by atoms with Crippen LogP contribution in [0.5, 0.6) is 5.75 Å². The number of aryl methyl sites for hydroxylation is 1. The number of carbonyl (C=O) groups is 1. The molecule has 1 N–H and O–H groups in total. The highest BCUT2D eigenvalue weighted by molar-refractivity contribution is 5.76. The highest BCUT2D eigenvalue weighted by Gasteiger charge is 2.09. The number of hydrogen-bond donors (Lipinski definition) is 1. The number of aromatic nitrogens is 1. The fraction of sp³-hybridized carbons (Fsp3) is 0.368. The van der Waals surface area contributed by atoms with E-state index in [-0.39, 0.29) is 11.9 Å². The average Bonchev–Trinajstić information content (AvgIpc) is 2.57. The predicted molar refractivity (Wildman–Crippen MR) is 91.3 cm³/mol. The minimum atomic E-state index is -0.00646. The van der Waals surface area contributed by atoms with Gasteiger partial charge < -0.3 is 10.1 Å². The maximum atomic E-state index is 12.0. The molecular formula is C19H24N2O2. The lowest BCUT2D eigenvalue weighted by atomic mass is 10.1. The summed E-state index contributed by atoms with van der Waals surface area (Å²) in [6, 6.07) is 13.7. The van der Waals surface area contributed by atoms with E-state index >= 15 is 0 Å². The lowest BCUT2D eigenvalue weighted by Gasteiger charge is -2.15. The average molecular weight is 312 g/mol. The lowest BCUT2D eigenvalue weighted by Crippen LogP contribution is -2.26. The van der Waals surface area contributed by atoms with E-state index in [2.05, 4.69) is 10.3 Å². The molecule has 0 spiro atoms. The zero-order valence-electron chi connectivity index (χ0n) is 13.8. The molecule has 1 aromatic heterocycles. The topological polar surface area (TPSA) is 51.2 Å². The van der Waals surface area contributed by atoms with Crippen LogP contribution in [0.25, 0.3) is 0 Å². The van der Waals surface area contributed by atoms with E-state index in [1.54, 1.807) is 6.20 Å². The van der Waals surface area contributed by atoms with Crippen LogP contribution in [0.1, 0.15) is 44.0 Å². The molecule has 4 heteroatoms.